The number of aromatic nitrogens is 2. The zero-order valence-electron chi connectivity index (χ0n) is 49.4. The van der Waals surface area contributed by atoms with Crippen LogP contribution >= 0.6 is 64.4 Å². The number of carbonyl (C=O) groups is 4. The third-order valence-corrected chi connectivity index (χ3v) is 13.4. The highest BCUT2D eigenvalue weighted by Gasteiger charge is 2.27. The van der Waals surface area contributed by atoms with Gasteiger partial charge in [-0.1, -0.05) is 92.4 Å². The number of pyridine rings is 2. The second-order valence-corrected chi connectivity index (χ2v) is 36.1. The molecule has 2 heterocycles. The van der Waals surface area contributed by atoms with Crippen LogP contribution in [-0.4, -0.2) is 126 Å². The summed E-state index contributed by atoms with van der Waals surface area (Å²) < 4.78 is 108. The Morgan fingerprint density at radius 3 is 1.35 bits per heavy atom. The van der Waals surface area contributed by atoms with E-state index in [1.807, 2.05) is 48.5 Å². The summed E-state index contributed by atoms with van der Waals surface area (Å²) in [5.74, 6) is -3.67. The molecule has 0 saturated carbocycles. The number of nitrogens with zero attached hydrogens (tertiary/aromatic N) is 5. The highest BCUT2D eigenvalue weighted by atomic mass is 127. The van der Waals surface area contributed by atoms with Crippen molar-refractivity contribution in [3.8, 4) is 6.07 Å². The molecule has 6 rings (SSSR count). The van der Waals surface area contributed by atoms with Crippen molar-refractivity contribution < 1.29 is 83.2 Å². The molecule has 6 aromatic rings. The van der Waals surface area contributed by atoms with E-state index in [0.29, 0.717) is 0 Å². The van der Waals surface area contributed by atoms with Crippen LogP contribution < -0.4 is 21.3 Å². The van der Waals surface area contributed by atoms with Crippen molar-refractivity contribution in [3.63, 3.8) is 0 Å². The van der Waals surface area contributed by atoms with Crippen molar-refractivity contribution in [2.24, 2.45) is 0 Å². The van der Waals surface area contributed by atoms with Gasteiger partial charge in [-0.05, 0) is 60.7 Å². The van der Waals surface area contributed by atoms with Gasteiger partial charge >= 0.3 is 39.9 Å². The summed E-state index contributed by atoms with van der Waals surface area (Å²) in [6.45, 7) is 6.97. The van der Waals surface area contributed by atoms with E-state index in [4.69, 9.17) is 38.1 Å². The predicted molar refractivity (Wildman–Crippen MR) is 347 cm³/mol. The zero-order valence-corrected chi connectivity index (χ0v) is 56.4. The number of anilines is 2. The quantitative estimate of drug-likeness (QED) is 0.00819. The molecule has 6 N–H and O–H groups in total. The van der Waals surface area contributed by atoms with Gasteiger partial charge in [0, 0.05) is 82.6 Å². The molecule has 2 aromatic heterocycles. The van der Waals surface area contributed by atoms with Crippen LogP contribution in [0.25, 0.3) is 21.5 Å². The monoisotopic (exact) mass is 1440 g/mol. The SMILES string of the molecule is CC#N.CN(C(=O)NCc1cccc(F)c1F)[C@@H](CCCOP(=O)(O)O)COC(=O)Nc1cc2ccccc2cn1.COP(=O)(OC)OCCC[C@@H](COC(=O)Nc1cc2ccccc2cn1)N(C)C(=O)NCc1cccc(F)c1F.C[Si](C)(C)I.S.S. The summed E-state index contributed by atoms with van der Waals surface area (Å²) in [6.07, 6.45) is 2.38. The van der Waals surface area contributed by atoms with Crippen molar-refractivity contribution in [3.05, 3.63) is 144 Å². The smallest absolute Gasteiger partial charge is 0.447 e. The summed E-state index contributed by atoms with van der Waals surface area (Å²) in [5, 5.41) is 20.9. The maximum absolute atomic E-state index is 14.0. The molecule has 2 atom stereocenters. The molecule has 0 aliphatic heterocycles. The van der Waals surface area contributed by atoms with Gasteiger partial charge in [-0.15, -0.1) is 21.8 Å². The second-order valence-electron chi connectivity index (χ2n) is 19.1. The van der Waals surface area contributed by atoms with Crippen LogP contribution in [0.2, 0.25) is 19.6 Å². The van der Waals surface area contributed by atoms with E-state index >= 15 is 0 Å². The van der Waals surface area contributed by atoms with Gasteiger partial charge in [0.1, 0.15) is 30.4 Å². The Balaban J connectivity index is 0.000000769. The van der Waals surface area contributed by atoms with E-state index in [-0.39, 0.29) is 115 Å². The number of nitriles is 1. The normalized spacial score (nSPS) is 11.5. The Morgan fingerprint density at radius 1 is 0.648 bits per heavy atom. The number of halogens is 5. The number of phosphoric acid groups is 2. The van der Waals surface area contributed by atoms with Gasteiger partial charge in [-0.3, -0.25) is 28.7 Å². The largest absolute Gasteiger partial charge is 0.474 e. The fourth-order valence-electron chi connectivity index (χ4n) is 7.18. The number of hydrogen-bond donors (Lipinski definition) is 6. The van der Waals surface area contributed by atoms with E-state index in [9.17, 15) is 45.9 Å². The first-order chi connectivity index (χ1) is 40.6. The first-order valence-electron chi connectivity index (χ1n) is 26.1. The fraction of sp³-hybridized carbons (Fsp3) is 0.364. The topological polar surface area (TPSA) is 302 Å². The lowest BCUT2D eigenvalue weighted by Crippen LogP contribution is -2.46. The standard InChI is InChI=1S/C26H31F2N4O7P.C24H27F2N4O7P.C3H9ISi.C2H3N.2H2S/c1-32(25(33)30-16-20-10-6-12-22(27)24(20)28)21(11-7-13-39-40(35,36-2)37-3)17-38-26(34)31-23-14-18-8-4-5-9-19(18)15-29-23;1-30(23(31)28-14-18-8-4-10-20(25)22(18)26)19(9-5-11-37-38(33,34)35)15-36-24(32)29-21-12-16-6-2-3-7-17(16)13-27-21;1-5(2,3)4;1-2-3;;/h4-6,8-10,12,14-15,21H,7,11,13,16-17H2,1-3H3,(H,30,33)(H,29,31,34);2-4,6-8,10,12-13,19H,5,9,11,14-15H2,1H3,(H,28,31)(H,27,29,32)(H2,33,34,35);1-3H3;1H3;2*1H2/t21-;19-;;;;/m00..../s1. The van der Waals surface area contributed by atoms with E-state index in [2.05, 4.69) is 77.2 Å². The molecule has 0 unspecified atom stereocenters. The maximum Gasteiger partial charge on any atom is 0.474 e. The van der Waals surface area contributed by atoms with Gasteiger partial charge in [0.15, 0.2) is 23.3 Å². The summed E-state index contributed by atoms with van der Waals surface area (Å²) in [5.41, 5.74) is -0.727. The van der Waals surface area contributed by atoms with Gasteiger partial charge in [0.05, 0.1) is 31.4 Å². The molecule has 0 saturated heterocycles. The molecule has 88 heavy (non-hydrogen) atoms. The Morgan fingerprint density at radius 2 is 1.00 bits per heavy atom. The number of urea groups is 2. The molecule has 23 nitrogen and oxygen atoms in total. The summed E-state index contributed by atoms with van der Waals surface area (Å²) in [6, 6.07) is 24.6. The van der Waals surface area contributed by atoms with Crippen molar-refractivity contribution in [1.82, 2.24) is 30.4 Å². The van der Waals surface area contributed by atoms with Crippen molar-refractivity contribution in [1.29, 1.82) is 5.26 Å². The van der Waals surface area contributed by atoms with E-state index in [1.54, 1.807) is 30.6 Å². The van der Waals surface area contributed by atoms with E-state index < -0.39 is 80.8 Å². The number of hydrogen-bond acceptors (Lipinski definition) is 15. The molecule has 0 spiro atoms. The number of phosphoric ester groups is 2. The number of likely N-dealkylation sites (N-methyl/N-ethyl adjacent to an activating group) is 2. The lowest BCUT2D eigenvalue weighted by Gasteiger charge is -2.28. The van der Waals surface area contributed by atoms with Gasteiger partial charge < -0.3 is 39.7 Å². The highest BCUT2D eigenvalue weighted by molar-refractivity contribution is 14.1. The van der Waals surface area contributed by atoms with Crippen molar-refractivity contribution in [2.75, 3.05) is 65.4 Å². The van der Waals surface area contributed by atoms with Crippen LogP contribution in [0.5, 0.6) is 0 Å². The Hall–Kier alpha value is -6.14. The van der Waals surface area contributed by atoms with Crippen molar-refractivity contribution >= 4 is 127 Å². The Labute approximate surface area is 535 Å². The number of fused-ring (bicyclic) bond motifs is 2. The van der Waals surface area contributed by atoms with Gasteiger partial charge in [-0.2, -0.15) is 32.3 Å². The summed E-state index contributed by atoms with van der Waals surface area (Å²) in [7, 11) is -3.13. The van der Waals surface area contributed by atoms with Crippen LogP contribution in [-0.2, 0) is 49.8 Å². The maximum atomic E-state index is 14.0. The number of ether oxygens (including phenoxy) is 2. The third kappa shape index (κ3) is 30.4. The van der Waals surface area contributed by atoms with Gasteiger partial charge in [0.2, 0.25) is 0 Å². The van der Waals surface area contributed by atoms with Crippen LogP contribution in [0, 0.1) is 34.6 Å². The van der Waals surface area contributed by atoms with Crippen LogP contribution in [0.15, 0.2) is 109 Å². The van der Waals surface area contributed by atoms with Crippen molar-refractivity contribution in [2.45, 2.75) is 77.4 Å². The second kappa shape index (κ2) is 40.5. The lowest BCUT2D eigenvalue weighted by atomic mass is 10.1. The van der Waals surface area contributed by atoms with Crippen LogP contribution in [0.3, 0.4) is 0 Å². The molecular formula is C55H74F4IN9O14P2S2Si. The minimum absolute atomic E-state index is 0. The molecule has 0 bridgehead atoms. The molecule has 6 amide bonds. The number of nitrogens with one attached hydrogen (secondary N) is 4. The number of benzene rings is 4. The lowest BCUT2D eigenvalue weighted by molar-refractivity contribution is 0.107. The first-order valence-corrected chi connectivity index (χ1v) is 35.7. The van der Waals surface area contributed by atoms with Crippen LogP contribution in [0.1, 0.15) is 43.7 Å². The molecule has 484 valence electrons. The molecule has 33 heteroatoms. The predicted octanol–water partition coefficient (Wildman–Crippen LogP) is 12.6. The van der Waals surface area contributed by atoms with Gasteiger partial charge in [-0.25, -0.2) is 55.8 Å². The Kier molecular flexibility index (Phi) is 36.7. The highest BCUT2D eigenvalue weighted by Crippen LogP contribution is 2.47. The van der Waals surface area contributed by atoms with Crippen LogP contribution in [0.4, 0.5) is 48.4 Å². The molecule has 0 fully saturated rings. The van der Waals surface area contributed by atoms with Gasteiger partial charge in [0.25, 0.3) is 0 Å². The first kappa shape index (κ1) is 79.9. The fourth-order valence-corrected chi connectivity index (χ4v) is 8.26. The molecule has 0 aliphatic rings. The summed E-state index contributed by atoms with van der Waals surface area (Å²) in [4.78, 5) is 78.9. The Bertz CT molecular complexity index is 3320. The van der Waals surface area contributed by atoms with E-state index in [1.165, 1.54) is 69.3 Å². The number of carbonyl (C=O) groups excluding carboxylic acids is 4. The number of rotatable bonds is 24. The molecule has 4 aromatic carbocycles. The minimum Gasteiger partial charge on any atom is -0.447 e. The average Bonchev–Trinajstić information content (AvgIpc) is 3.67. The minimum atomic E-state index is -4.67. The third-order valence-electron chi connectivity index (χ3n) is 11.5. The molecule has 0 aliphatic carbocycles. The summed E-state index contributed by atoms with van der Waals surface area (Å²) >= 11 is 2.52. The number of amides is 6. The molecular weight excluding hydrogens is 1370 g/mol. The zero-order chi connectivity index (χ0) is 64.0. The van der Waals surface area contributed by atoms with E-state index in [0.717, 1.165) is 33.7 Å². The average molecular weight is 1440 g/mol. The molecule has 0 radical (unpaired) electrons.